The van der Waals surface area contributed by atoms with E-state index in [0.29, 0.717) is 28.7 Å². The Morgan fingerprint density at radius 1 is 0.848 bits per heavy atom. The number of thiophene rings is 1. The Morgan fingerprint density at radius 2 is 1.61 bits per heavy atom. The van der Waals surface area contributed by atoms with E-state index in [0.717, 1.165) is 5.75 Å². The molecular weight excluding hydrogens is 440 g/mol. The van der Waals surface area contributed by atoms with Crippen molar-refractivity contribution >= 4 is 34.6 Å². The molecule has 7 nitrogen and oxygen atoms in total. The number of ether oxygens (including phenoxy) is 2. The fourth-order valence-corrected chi connectivity index (χ4v) is 3.65. The first-order chi connectivity index (χ1) is 16.0. The van der Waals surface area contributed by atoms with Gasteiger partial charge in [0.15, 0.2) is 11.5 Å². The van der Waals surface area contributed by atoms with Crippen molar-refractivity contribution in [3.05, 3.63) is 70.9 Å². The van der Waals surface area contributed by atoms with E-state index >= 15 is 0 Å². The van der Waals surface area contributed by atoms with E-state index in [9.17, 15) is 14.4 Å². The molecule has 0 unspecified atom stereocenters. The quantitative estimate of drug-likeness (QED) is 0.365. The van der Waals surface area contributed by atoms with Crippen LogP contribution in [0.5, 0.6) is 17.2 Å². The van der Waals surface area contributed by atoms with Crippen LogP contribution in [-0.2, 0) is 9.59 Å². The molecule has 0 aliphatic heterocycles. The molecule has 0 aliphatic carbocycles. The Balaban J connectivity index is 1.43. The van der Waals surface area contributed by atoms with E-state index in [2.05, 4.69) is 10.6 Å². The fourth-order valence-electron chi connectivity index (χ4n) is 2.96. The van der Waals surface area contributed by atoms with Gasteiger partial charge in [0.05, 0.1) is 17.2 Å². The van der Waals surface area contributed by atoms with Gasteiger partial charge >= 0.3 is 0 Å². The maximum Gasteiger partial charge on any atom is 0.226 e. The van der Waals surface area contributed by atoms with Crippen LogP contribution in [0, 0.1) is 0 Å². The Labute approximate surface area is 196 Å². The lowest BCUT2D eigenvalue weighted by Crippen LogP contribution is -2.27. The second-order valence-corrected chi connectivity index (χ2v) is 8.00. The lowest BCUT2D eigenvalue weighted by atomic mass is 10.2. The third-order valence-electron chi connectivity index (χ3n) is 4.57. The van der Waals surface area contributed by atoms with Crippen LogP contribution in [0.15, 0.2) is 66.0 Å². The number of benzene rings is 2. The van der Waals surface area contributed by atoms with Crippen LogP contribution in [0.1, 0.15) is 35.9 Å². The van der Waals surface area contributed by atoms with Gasteiger partial charge in [-0.2, -0.15) is 0 Å². The zero-order valence-corrected chi connectivity index (χ0v) is 19.2. The van der Waals surface area contributed by atoms with Crippen molar-refractivity contribution in [2.24, 2.45) is 0 Å². The van der Waals surface area contributed by atoms with E-state index in [1.807, 2.05) is 30.5 Å². The summed E-state index contributed by atoms with van der Waals surface area (Å²) in [4.78, 5) is 36.9. The molecule has 8 heteroatoms. The molecule has 1 heterocycles. The molecule has 2 amide bonds. The summed E-state index contributed by atoms with van der Waals surface area (Å²) >= 11 is 1.36. The van der Waals surface area contributed by atoms with Crippen molar-refractivity contribution in [1.29, 1.82) is 0 Å². The number of amides is 2. The van der Waals surface area contributed by atoms with Crippen LogP contribution in [0.25, 0.3) is 0 Å². The number of ketones is 1. The van der Waals surface area contributed by atoms with Crippen molar-refractivity contribution < 1.29 is 23.9 Å². The van der Waals surface area contributed by atoms with E-state index in [4.69, 9.17) is 9.47 Å². The molecule has 0 radical (unpaired) electrons. The summed E-state index contributed by atoms with van der Waals surface area (Å²) in [6.07, 6.45) is 0.341. The molecule has 1 aromatic heterocycles. The van der Waals surface area contributed by atoms with Gasteiger partial charge in [-0.1, -0.05) is 18.2 Å². The molecule has 0 aliphatic rings. The van der Waals surface area contributed by atoms with Gasteiger partial charge < -0.3 is 20.1 Å². The third kappa shape index (κ3) is 7.76. The predicted molar refractivity (Wildman–Crippen MR) is 128 cm³/mol. The zero-order chi connectivity index (χ0) is 23.5. The van der Waals surface area contributed by atoms with Gasteiger partial charge in [-0.3, -0.25) is 14.4 Å². The number of para-hydroxylation sites is 2. The van der Waals surface area contributed by atoms with Crippen LogP contribution in [0.4, 0.5) is 5.69 Å². The first kappa shape index (κ1) is 24.0. The summed E-state index contributed by atoms with van der Waals surface area (Å²) in [6, 6.07) is 17.9. The molecule has 0 saturated carbocycles. The van der Waals surface area contributed by atoms with Gasteiger partial charge in [-0.05, 0) is 54.8 Å². The molecular formula is C25H26N2O5S. The van der Waals surface area contributed by atoms with E-state index in [1.165, 1.54) is 11.3 Å². The van der Waals surface area contributed by atoms with Crippen molar-refractivity contribution in [3.8, 4) is 17.2 Å². The van der Waals surface area contributed by atoms with Crippen molar-refractivity contribution in [2.45, 2.75) is 26.2 Å². The molecule has 0 atom stereocenters. The minimum absolute atomic E-state index is 0.0537. The zero-order valence-electron chi connectivity index (χ0n) is 18.3. The minimum atomic E-state index is -0.257. The smallest absolute Gasteiger partial charge is 0.226 e. The summed E-state index contributed by atoms with van der Waals surface area (Å²) in [5.74, 6) is 1.31. The summed E-state index contributed by atoms with van der Waals surface area (Å²) in [6.45, 7) is 2.69. The second-order valence-electron chi connectivity index (χ2n) is 7.05. The molecule has 3 aromatic rings. The largest absolute Gasteiger partial charge is 0.494 e. The van der Waals surface area contributed by atoms with Gasteiger partial charge in [-0.15, -0.1) is 11.3 Å². The van der Waals surface area contributed by atoms with E-state index in [-0.39, 0.29) is 43.4 Å². The van der Waals surface area contributed by atoms with E-state index < -0.39 is 0 Å². The first-order valence-electron chi connectivity index (χ1n) is 10.7. The molecule has 3 rings (SSSR count). The van der Waals surface area contributed by atoms with Gasteiger partial charge in [0.25, 0.3) is 0 Å². The Kier molecular flexibility index (Phi) is 9.02. The lowest BCUT2D eigenvalue weighted by molar-refractivity contribution is -0.121. The number of rotatable bonds is 12. The van der Waals surface area contributed by atoms with Crippen molar-refractivity contribution in [1.82, 2.24) is 5.32 Å². The summed E-state index contributed by atoms with van der Waals surface area (Å²) in [5.41, 5.74) is 0.532. The molecule has 0 bridgehead atoms. The highest BCUT2D eigenvalue weighted by Gasteiger charge is 2.12. The van der Waals surface area contributed by atoms with Gasteiger partial charge in [0.1, 0.15) is 11.5 Å². The molecule has 2 aromatic carbocycles. The number of hydrogen-bond acceptors (Lipinski definition) is 6. The molecule has 0 saturated heterocycles. The average molecular weight is 467 g/mol. The average Bonchev–Trinajstić information content (AvgIpc) is 3.35. The van der Waals surface area contributed by atoms with Crippen LogP contribution in [-0.4, -0.2) is 30.7 Å². The minimum Gasteiger partial charge on any atom is -0.494 e. The number of nitrogens with one attached hydrogen (secondary N) is 2. The number of carbonyl (C=O) groups excluding carboxylic acids is 3. The topological polar surface area (TPSA) is 93.7 Å². The molecule has 0 fully saturated rings. The Hall–Kier alpha value is -3.65. The van der Waals surface area contributed by atoms with Crippen LogP contribution >= 0.6 is 11.3 Å². The maximum absolute atomic E-state index is 12.3. The summed E-state index contributed by atoms with van der Waals surface area (Å²) in [5, 5.41) is 7.32. The highest BCUT2D eigenvalue weighted by Crippen LogP contribution is 2.30. The third-order valence-corrected chi connectivity index (χ3v) is 5.48. The number of anilines is 1. The summed E-state index contributed by atoms with van der Waals surface area (Å²) in [7, 11) is 0. The van der Waals surface area contributed by atoms with E-state index in [1.54, 1.807) is 42.5 Å². The van der Waals surface area contributed by atoms with Crippen LogP contribution < -0.4 is 20.1 Å². The van der Waals surface area contributed by atoms with Gasteiger partial charge in [0, 0.05) is 25.8 Å². The van der Waals surface area contributed by atoms with Gasteiger partial charge in [-0.25, -0.2) is 0 Å². The highest BCUT2D eigenvalue weighted by molar-refractivity contribution is 7.12. The monoisotopic (exact) mass is 466 g/mol. The molecule has 2 N–H and O–H groups in total. The maximum atomic E-state index is 12.3. The number of hydrogen-bond donors (Lipinski definition) is 2. The molecule has 172 valence electrons. The Bertz CT molecular complexity index is 1060. The first-order valence-corrected chi connectivity index (χ1v) is 11.6. The summed E-state index contributed by atoms with van der Waals surface area (Å²) < 4.78 is 11.3. The van der Waals surface area contributed by atoms with Crippen LogP contribution in [0.3, 0.4) is 0 Å². The van der Waals surface area contributed by atoms with Crippen molar-refractivity contribution in [3.63, 3.8) is 0 Å². The SMILES string of the molecule is CCOc1ccc(Oc2ccccc2NC(=O)CCNC(=O)CCC(=O)c2cccs2)cc1. The van der Waals surface area contributed by atoms with Gasteiger partial charge in [0.2, 0.25) is 11.8 Å². The second kappa shape index (κ2) is 12.4. The van der Waals surface area contributed by atoms with Crippen molar-refractivity contribution in [2.75, 3.05) is 18.5 Å². The fraction of sp³-hybridized carbons (Fsp3) is 0.240. The standard InChI is InChI=1S/C25H26N2O5S/c1-2-31-18-9-11-19(12-10-18)32-22-7-4-3-6-20(22)27-25(30)15-16-26-24(29)14-13-21(28)23-8-5-17-33-23/h3-12,17H,2,13-16H2,1H3,(H,26,29)(H,27,30). The Morgan fingerprint density at radius 3 is 2.33 bits per heavy atom. The van der Waals surface area contributed by atoms with Crippen LogP contribution in [0.2, 0.25) is 0 Å². The predicted octanol–water partition coefficient (Wildman–Crippen LogP) is 5.05. The number of Topliss-reactive ketones (excluding diaryl/α,β-unsaturated/α-hetero) is 1. The molecule has 33 heavy (non-hydrogen) atoms. The normalized spacial score (nSPS) is 10.3. The highest BCUT2D eigenvalue weighted by atomic mass is 32.1. The number of carbonyl (C=O) groups is 3. The molecule has 0 spiro atoms. The lowest BCUT2D eigenvalue weighted by Gasteiger charge is -2.13.